The van der Waals surface area contributed by atoms with E-state index < -0.39 is 0 Å². The highest BCUT2D eigenvalue weighted by Crippen LogP contribution is 2.62. The van der Waals surface area contributed by atoms with Gasteiger partial charge in [0, 0.05) is 10.8 Å². The van der Waals surface area contributed by atoms with E-state index in [4.69, 9.17) is 0 Å². The van der Waals surface area contributed by atoms with Crippen LogP contribution in [0.2, 0.25) is 0 Å². The molecule has 8 aromatic rings. The van der Waals surface area contributed by atoms with E-state index in [-0.39, 0.29) is 10.8 Å². The fourth-order valence-electron chi connectivity index (χ4n) is 9.51. The van der Waals surface area contributed by atoms with Crippen LogP contribution < -0.4 is 0 Å². The van der Waals surface area contributed by atoms with Gasteiger partial charge in [0.25, 0.3) is 0 Å². The molecule has 0 atom stereocenters. The molecule has 8 aromatic carbocycles. The standard InChI is InChI=1S/C48H36/c1-47(2)40-23-13-11-17-32(40)38-28-39-33-18-12-14-24-41(33)48(3,4)46(39)44(45(38)47)43-36-21-9-7-19-34(36)42(35-20-8-10-22-37(35)43)31-26-25-29-15-5-6-16-30(29)27-31/h5-28H,1-4H3. The van der Waals surface area contributed by atoms with Crippen molar-refractivity contribution >= 4 is 32.3 Å². The van der Waals surface area contributed by atoms with Gasteiger partial charge in [0.1, 0.15) is 0 Å². The highest BCUT2D eigenvalue weighted by Gasteiger charge is 2.45. The van der Waals surface area contributed by atoms with Crippen LogP contribution in [0.3, 0.4) is 0 Å². The van der Waals surface area contributed by atoms with Crippen LogP contribution in [-0.2, 0) is 10.8 Å². The third kappa shape index (κ3) is 3.50. The van der Waals surface area contributed by atoms with Gasteiger partial charge in [-0.1, -0.05) is 161 Å². The van der Waals surface area contributed by atoms with Gasteiger partial charge in [-0.15, -0.1) is 0 Å². The molecule has 10 rings (SSSR count). The van der Waals surface area contributed by atoms with Crippen molar-refractivity contribution in [2.45, 2.75) is 38.5 Å². The smallest absolute Gasteiger partial charge is 0.0165 e. The van der Waals surface area contributed by atoms with E-state index in [1.165, 1.54) is 99.1 Å². The maximum Gasteiger partial charge on any atom is 0.0165 e. The van der Waals surface area contributed by atoms with Gasteiger partial charge in [-0.25, -0.2) is 0 Å². The number of benzene rings is 8. The lowest BCUT2D eigenvalue weighted by molar-refractivity contribution is 0.643. The van der Waals surface area contributed by atoms with Crippen molar-refractivity contribution in [3.8, 4) is 44.5 Å². The van der Waals surface area contributed by atoms with Crippen LogP contribution in [0.15, 0.2) is 146 Å². The molecule has 2 aliphatic carbocycles. The molecule has 0 bridgehead atoms. The monoisotopic (exact) mass is 612 g/mol. The average Bonchev–Trinajstić information content (AvgIpc) is 3.49. The van der Waals surface area contributed by atoms with Crippen LogP contribution in [0.25, 0.3) is 76.8 Å². The second-order valence-electron chi connectivity index (χ2n) is 14.8. The lowest BCUT2D eigenvalue weighted by atomic mass is 9.70. The minimum Gasteiger partial charge on any atom is -0.0619 e. The van der Waals surface area contributed by atoms with E-state index in [9.17, 15) is 0 Å². The molecular weight excluding hydrogens is 577 g/mol. The molecule has 2 aliphatic rings. The zero-order valence-corrected chi connectivity index (χ0v) is 27.9. The molecule has 0 heteroatoms. The Hall–Kier alpha value is -5.46. The molecule has 0 unspecified atom stereocenters. The minimum atomic E-state index is -0.166. The molecule has 0 aliphatic heterocycles. The molecule has 0 aromatic heterocycles. The Labute approximate surface area is 282 Å². The summed E-state index contributed by atoms with van der Waals surface area (Å²) in [5, 5.41) is 7.77. The average molecular weight is 613 g/mol. The zero-order chi connectivity index (χ0) is 32.4. The van der Waals surface area contributed by atoms with E-state index in [1.54, 1.807) is 0 Å². The molecule has 0 amide bonds. The Morgan fingerprint density at radius 1 is 0.333 bits per heavy atom. The van der Waals surface area contributed by atoms with Crippen LogP contribution in [0.5, 0.6) is 0 Å². The first-order valence-electron chi connectivity index (χ1n) is 17.2. The van der Waals surface area contributed by atoms with Gasteiger partial charge in [0.15, 0.2) is 0 Å². The van der Waals surface area contributed by atoms with Gasteiger partial charge >= 0.3 is 0 Å². The molecule has 228 valence electrons. The van der Waals surface area contributed by atoms with E-state index in [0.717, 1.165) is 0 Å². The van der Waals surface area contributed by atoms with Crippen LogP contribution in [0, 0.1) is 0 Å². The second kappa shape index (κ2) is 9.55. The summed E-state index contributed by atoms with van der Waals surface area (Å²) in [5.41, 5.74) is 16.2. The van der Waals surface area contributed by atoms with Crippen LogP contribution in [-0.4, -0.2) is 0 Å². The maximum atomic E-state index is 2.53. The number of hydrogen-bond donors (Lipinski definition) is 0. The fraction of sp³-hybridized carbons (Fsp3) is 0.125. The summed E-state index contributed by atoms with van der Waals surface area (Å²) in [5.74, 6) is 0. The van der Waals surface area contributed by atoms with Gasteiger partial charge in [0.05, 0.1) is 0 Å². The summed E-state index contributed by atoms with van der Waals surface area (Å²) in [7, 11) is 0. The molecule has 0 nitrogen and oxygen atoms in total. The number of rotatable bonds is 2. The Morgan fingerprint density at radius 3 is 1.31 bits per heavy atom. The quantitative estimate of drug-likeness (QED) is 0.170. The van der Waals surface area contributed by atoms with Crippen molar-refractivity contribution in [2.75, 3.05) is 0 Å². The van der Waals surface area contributed by atoms with Crippen molar-refractivity contribution < 1.29 is 0 Å². The molecule has 0 fully saturated rings. The number of fused-ring (bicyclic) bond motifs is 9. The van der Waals surface area contributed by atoms with Crippen molar-refractivity contribution in [1.29, 1.82) is 0 Å². The van der Waals surface area contributed by atoms with Crippen LogP contribution in [0.1, 0.15) is 49.9 Å². The van der Waals surface area contributed by atoms with Crippen molar-refractivity contribution in [2.24, 2.45) is 0 Å². The first-order chi connectivity index (χ1) is 23.4. The normalized spacial score (nSPS) is 15.0. The predicted molar refractivity (Wildman–Crippen MR) is 205 cm³/mol. The third-order valence-electron chi connectivity index (χ3n) is 11.6. The van der Waals surface area contributed by atoms with Gasteiger partial charge in [-0.05, 0) is 111 Å². The molecule has 0 N–H and O–H groups in total. The van der Waals surface area contributed by atoms with Crippen LogP contribution >= 0.6 is 0 Å². The SMILES string of the molecule is CC1(C)c2ccccc2-c2cc3c(c(-c4c5ccccc5c(-c5ccc6ccccc6c5)c5ccccc45)c21)C(C)(C)c1ccccc1-3. The molecule has 0 spiro atoms. The van der Waals surface area contributed by atoms with Gasteiger partial charge < -0.3 is 0 Å². The van der Waals surface area contributed by atoms with Gasteiger partial charge in [-0.2, -0.15) is 0 Å². The van der Waals surface area contributed by atoms with Gasteiger partial charge in [-0.3, -0.25) is 0 Å². The summed E-state index contributed by atoms with van der Waals surface area (Å²) in [6, 6.07) is 54.7. The van der Waals surface area contributed by atoms with Crippen molar-refractivity contribution in [1.82, 2.24) is 0 Å². The summed E-state index contributed by atoms with van der Waals surface area (Å²) in [4.78, 5) is 0. The number of hydrogen-bond acceptors (Lipinski definition) is 0. The lowest BCUT2D eigenvalue weighted by Crippen LogP contribution is -2.21. The highest BCUT2D eigenvalue weighted by atomic mass is 14.5. The summed E-state index contributed by atoms with van der Waals surface area (Å²) >= 11 is 0. The van der Waals surface area contributed by atoms with E-state index in [0.29, 0.717) is 0 Å². The lowest BCUT2D eigenvalue weighted by Gasteiger charge is -2.32. The first-order valence-corrected chi connectivity index (χ1v) is 17.2. The van der Waals surface area contributed by atoms with E-state index in [2.05, 4.69) is 173 Å². The minimum absolute atomic E-state index is 0.166. The molecule has 0 heterocycles. The topological polar surface area (TPSA) is 0 Å². The Bertz CT molecular complexity index is 2530. The highest BCUT2D eigenvalue weighted by molar-refractivity contribution is 6.23. The third-order valence-corrected chi connectivity index (χ3v) is 11.6. The Kier molecular flexibility index (Phi) is 5.50. The Morgan fingerprint density at radius 2 is 0.771 bits per heavy atom. The predicted octanol–water partition coefficient (Wildman–Crippen LogP) is 13.1. The summed E-state index contributed by atoms with van der Waals surface area (Å²) < 4.78 is 0. The van der Waals surface area contributed by atoms with Crippen LogP contribution in [0.4, 0.5) is 0 Å². The summed E-state index contributed by atoms with van der Waals surface area (Å²) in [6.07, 6.45) is 0. The molecule has 0 saturated carbocycles. The maximum absolute atomic E-state index is 2.53. The molecular formula is C48H36. The first kappa shape index (κ1) is 27.6. The van der Waals surface area contributed by atoms with Crippen molar-refractivity contribution in [3.05, 3.63) is 168 Å². The van der Waals surface area contributed by atoms with Gasteiger partial charge in [0.2, 0.25) is 0 Å². The van der Waals surface area contributed by atoms with Crippen molar-refractivity contribution in [3.63, 3.8) is 0 Å². The summed E-state index contributed by atoms with van der Waals surface area (Å²) in [6.45, 7) is 9.76. The Balaban J connectivity index is 1.42. The fourth-order valence-corrected chi connectivity index (χ4v) is 9.51. The van der Waals surface area contributed by atoms with E-state index >= 15 is 0 Å². The molecule has 0 radical (unpaired) electrons. The largest absolute Gasteiger partial charge is 0.0619 e. The molecule has 48 heavy (non-hydrogen) atoms. The molecule has 0 saturated heterocycles. The van der Waals surface area contributed by atoms with E-state index in [1.807, 2.05) is 0 Å². The second-order valence-corrected chi connectivity index (χ2v) is 14.8. The zero-order valence-electron chi connectivity index (χ0n) is 27.9.